The predicted molar refractivity (Wildman–Crippen MR) is 126 cm³/mol. The summed E-state index contributed by atoms with van der Waals surface area (Å²) in [5, 5.41) is -0.172. The number of benzene rings is 1. The van der Waals surface area contributed by atoms with Crippen molar-refractivity contribution in [3.63, 3.8) is 0 Å². The van der Waals surface area contributed by atoms with Crippen molar-refractivity contribution >= 4 is 20.4 Å². The summed E-state index contributed by atoms with van der Waals surface area (Å²) in [6.45, 7) is -0.719. The minimum Gasteiger partial charge on any atom is -0.431 e. The molecule has 0 N–H and O–H groups in total. The largest absolute Gasteiger partial charge is 0.431 e. The predicted octanol–water partition coefficient (Wildman–Crippen LogP) is 8.96. The molecule has 1 aromatic rings. The first kappa shape index (κ1) is 24.9. The van der Waals surface area contributed by atoms with Gasteiger partial charge in [0.15, 0.2) is 11.6 Å². The van der Waals surface area contributed by atoms with Crippen LogP contribution in [0, 0.1) is 17.7 Å². The summed E-state index contributed by atoms with van der Waals surface area (Å²) in [5.74, 6) is 0.528. The molecule has 2 aliphatic rings. The van der Waals surface area contributed by atoms with Crippen LogP contribution in [0.5, 0.6) is 5.75 Å². The van der Waals surface area contributed by atoms with Gasteiger partial charge in [0.05, 0.1) is 5.02 Å². The lowest BCUT2D eigenvalue weighted by molar-refractivity contribution is -0.0531. The van der Waals surface area contributed by atoms with Crippen molar-refractivity contribution in [3.05, 3.63) is 28.5 Å². The zero-order valence-corrected chi connectivity index (χ0v) is 20.8. The van der Waals surface area contributed by atoms with Gasteiger partial charge in [0.2, 0.25) is 0 Å². The fourth-order valence-corrected chi connectivity index (χ4v) is 9.64. The second-order valence-corrected chi connectivity index (χ2v) is 13.7. The Morgan fingerprint density at radius 2 is 1.61 bits per heavy atom. The molecule has 1 aromatic carbocycles. The number of ether oxygens (including phenoxy) is 1. The molecule has 0 spiro atoms. The molecule has 176 valence electrons. The SMILES string of the molecule is CCC[Si@H]1CC[C@H](CCCC[C@H]2CC[C@H](c3ccc(Cl)c(F)c3OC(F)F)CC2)CC1. The molecular weight excluding hydrogens is 437 g/mol. The minimum absolute atomic E-state index is 0.0687. The van der Waals surface area contributed by atoms with Crippen LogP contribution < -0.4 is 4.74 Å². The number of hydrogen-bond donors (Lipinski definition) is 0. The van der Waals surface area contributed by atoms with Gasteiger partial charge < -0.3 is 4.74 Å². The molecule has 0 radical (unpaired) electrons. The summed E-state index contributed by atoms with van der Waals surface area (Å²) in [5.41, 5.74) is 0.544. The fourth-order valence-electron chi connectivity index (χ4n) is 5.92. The van der Waals surface area contributed by atoms with Crippen LogP contribution in [0.1, 0.15) is 89.0 Å². The first-order chi connectivity index (χ1) is 15.0. The van der Waals surface area contributed by atoms with Gasteiger partial charge in [0.25, 0.3) is 0 Å². The number of hydrogen-bond acceptors (Lipinski definition) is 1. The molecule has 1 saturated heterocycles. The molecule has 1 nitrogen and oxygen atoms in total. The summed E-state index contributed by atoms with van der Waals surface area (Å²) >= 11 is 5.78. The molecule has 1 aliphatic carbocycles. The van der Waals surface area contributed by atoms with Crippen molar-refractivity contribution in [2.24, 2.45) is 11.8 Å². The van der Waals surface area contributed by atoms with E-state index in [-0.39, 0.29) is 25.5 Å². The van der Waals surface area contributed by atoms with Crippen molar-refractivity contribution in [1.82, 2.24) is 0 Å². The molecule has 31 heavy (non-hydrogen) atoms. The van der Waals surface area contributed by atoms with Crippen molar-refractivity contribution in [2.45, 2.75) is 108 Å². The fraction of sp³-hybridized carbons (Fsp3) is 0.760. The van der Waals surface area contributed by atoms with E-state index in [1.807, 2.05) is 0 Å². The van der Waals surface area contributed by atoms with Crippen molar-refractivity contribution in [1.29, 1.82) is 0 Å². The number of alkyl halides is 2. The third-order valence-electron chi connectivity index (χ3n) is 7.71. The lowest BCUT2D eigenvalue weighted by atomic mass is 9.76. The Bertz CT molecular complexity index is 671. The molecule has 2 fully saturated rings. The molecule has 6 heteroatoms. The zero-order chi connectivity index (χ0) is 22.2. The Kier molecular flexibility index (Phi) is 10.1. The Balaban J connectivity index is 1.38. The Morgan fingerprint density at radius 3 is 2.19 bits per heavy atom. The number of halogens is 4. The maximum atomic E-state index is 14.3. The highest BCUT2D eigenvalue weighted by atomic mass is 35.5. The van der Waals surface area contributed by atoms with Crippen LogP contribution in [0.2, 0.25) is 23.2 Å². The van der Waals surface area contributed by atoms with Crippen molar-refractivity contribution in [3.8, 4) is 5.75 Å². The first-order valence-electron chi connectivity index (χ1n) is 12.4. The van der Waals surface area contributed by atoms with Gasteiger partial charge in [-0.1, -0.05) is 87.7 Å². The molecule has 0 bridgehead atoms. The summed E-state index contributed by atoms with van der Waals surface area (Å²) in [6.07, 6.45) is 13.6. The molecule has 0 atom stereocenters. The van der Waals surface area contributed by atoms with E-state index >= 15 is 0 Å². The van der Waals surface area contributed by atoms with Crippen molar-refractivity contribution < 1.29 is 17.9 Å². The van der Waals surface area contributed by atoms with Gasteiger partial charge in [-0.15, -0.1) is 0 Å². The van der Waals surface area contributed by atoms with E-state index in [2.05, 4.69) is 11.7 Å². The van der Waals surface area contributed by atoms with E-state index in [0.29, 0.717) is 11.5 Å². The molecule has 1 saturated carbocycles. The highest BCUT2D eigenvalue weighted by molar-refractivity contribution is 6.58. The summed E-state index contributed by atoms with van der Waals surface area (Å²) in [4.78, 5) is 0. The van der Waals surface area contributed by atoms with Crippen LogP contribution in [0.25, 0.3) is 0 Å². The molecule has 0 unspecified atom stereocenters. The highest BCUT2D eigenvalue weighted by Crippen LogP contribution is 2.43. The van der Waals surface area contributed by atoms with E-state index in [4.69, 9.17) is 11.6 Å². The molecule has 1 heterocycles. The molecule has 1 aliphatic heterocycles. The normalized spacial score (nSPS) is 26.9. The first-order valence-corrected chi connectivity index (χ1v) is 15.2. The summed E-state index contributed by atoms with van der Waals surface area (Å²) in [7, 11) is -0.361. The smallest absolute Gasteiger partial charge is 0.387 e. The van der Waals surface area contributed by atoms with Gasteiger partial charge >= 0.3 is 6.61 Å². The van der Waals surface area contributed by atoms with Crippen LogP contribution in [0.15, 0.2) is 12.1 Å². The topological polar surface area (TPSA) is 9.23 Å². The van der Waals surface area contributed by atoms with Gasteiger partial charge in [-0.25, -0.2) is 4.39 Å². The van der Waals surface area contributed by atoms with Crippen LogP contribution >= 0.6 is 11.6 Å². The van der Waals surface area contributed by atoms with Gasteiger partial charge in [-0.05, 0) is 49.5 Å². The second kappa shape index (κ2) is 12.5. The van der Waals surface area contributed by atoms with E-state index in [9.17, 15) is 13.2 Å². The van der Waals surface area contributed by atoms with Crippen LogP contribution in [0.4, 0.5) is 13.2 Å². The van der Waals surface area contributed by atoms with E-state index in [0.717, 1.165) is 31.6 Å². The Morgan fingerprint density at radius 1 is 1.00 bits per heavy atom. The molecule has 3 rings (SSSR count). The second-order valence-electron chi connectivity index (χ2n) is 9.84. The minimum atomic E-state index is -3.05. The average molecular weight is 475 g/mol. The molecule has 0 aromatic heterocycles. The van der Waals surface area contributed by atoms with E-state index in [1.54, 1.807) is 24.2 Å². The molecular formula is C25H38ClF3OSi. The number of rotatable bonds is 10. The third-order valence-corrected chi connectivity index (χ3v) is 11.7. The average Bonchev–Trinajstić information content (AvgIpc) is 2.76. The van der Waals surface area contributed by atoms with Crippen molar-refractivity contribution in [2.75, 3.05) is 0 Å². The Hall–Kier alpha value is -0.683. The van der Waals surface area contributed by atoms with Gasteiger partial charge in [-0.2, -0.15) is 8.78 Å². The van der Waals surface area contributed by atoms with Crippen LogP contribution in [-0.2, 0) is 0 Å². The summed E-state index contributed by atoms with van der Waals surface area (Å²) < 4.78 is 44.3. The zero-order valence-electron chi connectivity index (χ0n) is 18.9. The van der Waals surface area contributed by atoms with Crippen LogP contribution in [0.3, 0.4) is 0 Å². The lowest BCUT2D eigenvalue weighted by Gasteiger charge is -2.30. The maximum Gasteiger partial charge on any atom is 0.387 e. The van der Waals surface area contributed by atoms with E-state index in [1.165, 1.54) is 51.0 Å². The highest BCUT2D eigenvalue weighted by Gasteiger charge is 2.28. The quantitative estimate of drug-likeness (QED) is 0.243. The standard InChI is InChI=1S/C25H38ClF3OSi/c1-2-15-31-16-13-19(14-17-31)6-4-3-5-18-7-9-20(10-8-18)21-11-12-22(26)23(27)24(21)30-25(28)29/h11-12,18-20,25,31H,2-10,13-17H2,1H3/t18-,19-,20-,31-. The van der Waals surface area contributed by atoms with Crippen LogP contribution in [-0.4, -0.2) is 15.4 Å². The van der Waals surface area contributed by atoms with Gasteiger partial charge in [0, 0.05) is 14.4 Å². The Labute approximate surface area is 192 Å². The molecule has 0 amide bonds. The summed E-state index contributed by atoms with van der Waals surface area (Å²) in [6, 6.07) is 7.81. The maximum absolute atomic E-state index is 14.3. The van der Waals surface area contributed by atoms with Gasteiger partial charge in [0.1, 0.15) is 0 Å². The monoisotopic (exact) mass is 474 g/mol. The van der Waals surface area contributed by atoms with E-state index < -0.39 is 12.4 Å². The number of unbranched alkanes of at least 4 members (excludes halogenated alkanes) is 1. The van der Waals surface area contributed by atoms with Gasteiger partial charge in [-0.3, -0.25) is 0 Å². The third kappa shape index (κ3) is 7.41. The lowest BCUT2D eigenvalue weighted by Crippen LogP contribution is -2.21.